The first-order chi connectivity index (χ1) is 8.92. The van der Waals surface area contributed by atoms with Crippen molar-refractivity contribution in [3.05, 3.63) is 29.8 Å². The summed E-state index contributed by atoms with van der Waals surface area (Å²) in [6.45, 7) is 3.28. The molecular weight excluding hydrogens is 236 g/mol. The van der Waals surface area contributed by atoms with Gasteiger partial charge in [-0.2, -0.15) is 0 Å². The number of hydrogen-bond donors (Lipinski definition) is 0. The van der Waals surface area contributed by atoms with E-state index in [4.69, 9.17) is 4.43 Å². The summed E-state index contributed by atoms with van der Waals surface area (Å²) in [4.78, 5) is 0. The molecule has 18 heavy (non-hydrogen) atoms. The van der Waals surface area contributed by atoms with Crippen LogP contribution < -0.4 is 5.19 Å². The van der Waals surface area contributed by atoms with Gasteiger partial charge in [0.25, 0.3) is 0 Å². The Bertz CT molecular complexity index is 345. The molecule has 100 valence electrons. The van der Waals surface area contributed by atoms with Crippen molar-refractivity contribution >= 4 is 14.2 Å². The monoisotopic (exact) mass is 262 g/mol. The van der Waals surface area contributed by atoms with Crippen molar-refractivity contribution in [2.75, 3.05) is 6.61 Å². The molecule has 0 saturated carbocycles. The van der Waals surface area contributed by atoms with Crippen molar-refractivity contribution in [1.82, 2.24) is 0 Å². The average molecular weight is 262 g/mol. The third-order valence-electron chi connectivity index (χ3n) is 3.88. The molecule has 1 atom stereocenters. The molecule has 0 aliphatic carbocycles. The molecule has 1 aromatic rings. The molecule has 0 N–H and O–H groups in total. The molecule has 1 unspecified atom stereocenters. The van der Waals surface area contributed by atoms with Crippen LogP contribution >= 0.6 is 0 Å². The average Bonchev–Trinajstić information content (AvgIpc) is 2.45. The molecule has 2 heteroatoms. The van der Waals surface area contributed by atoms with Gasteiger partial charge in [-0.3, -0.25) is 0 Å². The van der Waals surface area contributed by atoms with Gasteiger partial charge < -0.3 is 4.43 Å². The fraction of sp³-hybridized carbons (Fsp3) is 0.625. The lowest BCUT2D eigenvalue weighted by atomic mass is 10.1. The van der Waals surface area contributed by atoms with Crippen LogP contribution in [0.3, 0.4) is 0 Å². The number of unbranched alkanes of at least 4 members (excludes halogenated alkanes) is 3. The van der Waals surface area contributed by atoms with Gasteiger partial charge in [0.2, 0.25) is 9.04 Å². The molecule has 1 aliphatic rings. The Morgan fingerprint density at radius 2 is 2.00 bits per heavy atom. The molecule has 2 rings (SSSR count). The molecule has 1 heterocycles. The number of hydrogen-bond acceptors (Lipinski definition) is 1. The zero-order valence-electron chi connectivity index (χ0n) is 11.7. The lowest BCUT2D eigenvalue weighted by Gasteiger charge is -2.23. The van der Waals surface area contributed by atoms with Crippen molar-refractivity contribution in [2.24, 2.45) is 0 Å². The Labute approximate surface area is 113 Å². The minimum Gasteiger partial charge on any atom is -0.415 e. The van der Waals surface area contributed by atoms with E-state index in [1.165, 1.54) is 51.0 Å². The summed E-state index contributed by atoms with van der Waals surface area (Å²) in [7, 11) is -1.08. The van der Waals surface area contributed by atoms with Crippen LogP contribution in [0.5, 0.6) is 0 Å². The summed E-state index contributed by atoms with van der Waals surface area (Å²) < 4.78 is 6.07. The van der Waals surface area contributed by atoms with Crippen molar-refractivity contribution in [3.63, 3.8) is 0 Å². The SMILES string of the molecule is CCCCCCc1ccccc1[SiH]1CCCCO1. The van der Waals surface area contributed by atoms with E-state index in [0.29, 0.717) is 0 Å². The molecule has 0 amide bonds. The Morgan fingerprint density at radius 1 is 1.11 bits per heavy atom. The first-order valence-electron chi connectivity index (χ1n) is 7.61. The van der Waals surface area contributed by atoms with Crippen molar-refractivity contribution < 1.29 is 4.43 Å². The molecule has 1 fully saturated rings. The van der Waals surface area contributed by atoms with E-state index >= 15 is 0 Å². The molecule has 0 radical (unpaired) electrons. The van der Waals surface area contributed by atoms with Crippen LogP contribution in [0.15, 0.2) is 24.3 Å². The van der Waals surface area contributed by atoms with Gasteiger partial charge in [0.05, 0.1) is 0 Å². The van der Waals surface area contributed by atoms with Gasteiger partial charge in [-0.15, -0.1) is 0 Å². The zero-order chi connectivity index (χ0) is 12.6. The minimum atomic E-state index is -1.08. The van der Waals surface area contributed by atoms with E-state index in [1.54, 1.807) is 10.8 Å². The van der Waals surface area contributed by atoms with Gasteiger partial charge in [-0.1, -0.05) is 56.9 Å². The predicted octanol–water partition coefficient (Wildman–Crippen LogP) is 3.55. The standard InChI is InChI=1S/C16H26OSi/c1-2-3-4-5-10-15-11-6-7-12-16(15)18-14-9-8-13-17-18/h6-7,11-12,18H,2-5,8-10,13-14H2,1H3. The summed E-state index contributed by atoms with van der Waals surface area (Å²) in [5.41, 5.74) is 1.58. The topological polar surface area (TPSA) is 9.23 Å². The largest absolute Gasteiger partial charge is 0.415 e. The highest BCUT2D eigenvalue weighted by Gasteiger charge is 2.20. The van der Waals surface area contributed by atoms with Crippen LogP contribution in [0, 0.1) is 0 Å². The molecule has 1 aromatic carbocycles. The van der Waals surface area contributed by atoms with Crippen molar-refractivity contribution in [2.45, 2.75) is 57.9 Å². The molecule has 1 nitrogen and oxygen atoms in total. The van der Waals surface area contributed by atoms with Gasteiger partial charge in [-0.25, -0.2) is 0 Å². The second-order valence-electron chi connectivity index (χ2n) is 5.36. The highest BCUT2D eigenvalue weighted by molar-refractivity contribution is 6.68. The van der Waals surface area contributed by atoms with Gasteiger partial charge in [-0.05, 0) is 36.1 Å². The maximum atomic E-state index is 6.07. The Balaban J connectivity index is 1.96. The number of aryl methyl sites for hydroxylation is 1. The lowest BCUT2D eigenvalue weighted by molar-refractivity contribution is 0.294. The Kier molecular flexibility index (Phi) is 5.95. The van der Waals surface area contributed by atoms with Crippen molar-refractivity contribution in [3.8, 4) is 0 Å². The first-order valence-corrected chi connectivity index (χ1v) is 9.47. The van der Waals surface area contributed by atoms with E-state index in [1.807, 2.05) is 0 Å². The molecule has 0 bridgehead atoms. The molecule has 0 spiro atoms. The summed E-state index contributed by atoms with van der Waals surface area (Å²) in [6, 6.07) is 10.4. The molecular formula is C16H26OSi. The van der Waals surface area contributed by atoms with Crippen LogP contribution in [0.1, 0.15) is 51.0 Å². The normalized spacial score (nSPS) is 19.9. The Morgan fingerprint density at radius 3 is 2.78 bits per heavy atom. The fourth-order valence-corrected chi connectivity index (χ4v) is 5.55. The van der Waals surface area contributed by atoms with Crippen molar-refractivity contribution in [1.29, 1.82) is 0 Å². The lowest BCUT2D eigenvalue weighted by Crippen LogP contribution is -2.38. The summed E-state index contributed by atoms with van der Waals surface area (Å²) >= 11 is 0. The minimum absolute atomic E-state index is 1.00. The van der Waals surface area contributed by atoms with Crippen LogP contribution in [0.25, 0.3) is 0 Å². The number of rotatable bonds is 6. The fourth-order valence-electron chi connectivity index (χ4n) is 2.80. The van der Waals surface area contributed by atoms with Crippen LogP contribution in [0.2, 0.25) is 6.04 Å². The smallest absolute Gasteiger partial charge is 0.208 e. The Hall–Kier alpha value is -0.603. The van der Waals surface area contributed by atoms with Gasteiger partial charge in [0, 0.05) is 6.61 Å². The van der Waals surface area contributed by atoms with E-state index in [0.717, 1.165) is 6.61 Å². The van der Waals surface area contributed by atoms with E-state index < -0.39 is 9.04 Å². The summed E-state index contributed by atoms with van der Waals surface area (Å²) in [5, 5.41) is 1.59. The maximum absolute atomic E-state index is 6.07. The quantitative estimate of drug-likeness (QED) is 0.563. The van der Waals surface area contributed by atoms with E-state index in [2.05, 4.69) is 31.2 Å². The van der Waals surface area contributed by atoms with Gasteiger partial charge >= 0.3 is 0 Å². The summed E-state index contributed by atoms with van der Waals surface area (Å²) in [5.74, 6) is 0. The third-order valence-corrected chi connectivity index (χ3v) is 6.71. The van der Waals surface area contributed by atoms with E-state index in [9.17, 15) is 0 Å². The maximum Gasteiger partial charge on any atom is 0.208 e. The zero-order valence-corrected chi connectivity index (χ0v) is 12.8. The van der Waals surface area contributed by atoms with Gasteiger partial charge in [0.15, 0.2) is 0 Å². The second kappa shape index (κ2) is 7.75. The second-order valence-corrected chi connectivity index (χ2v) is 7.87. The third kappa shape index (κ3) is 3.96. The van der Waals surface area contributed by atoms with Gasteiger partial charge in [0.1, 0.15) is 0 Å². The molecule has 1 saturated heterocycles. The predicted molar refractivity (Wildman–Crippen MR) is 81.1 cm³/mol. The molecule has 1 aliphatic heterocycles. The first kappa shape index (κ1) is 13.8. The highest BCUT2D eigenvalue weighted by atomic mass is 28.3. The van der Waals surface area contributed by atoms with Crippen LogP contribution in [0.4, 0.5) is 0 Å². The van der Waals surface area contributed by atoms with Crippen LogP contribution in [-0.2, 0) is 10.8 Å². The molecule has 0 aromatic heterocycles. The summed E-state index contributed by atoms with van der Waals surface area (Å²) in [6.07, 6.45) is 9.30. The number of benzene rings is 1. The highest BCUT2D eigenvalue weighted by Crippen LogP contribution is 2.14. The van der Waals surface area contributed by atoms with Crippen LogP contribution in [-0.4, -0.2) is 15.6 Å². The van der Waals surface area contributed by atoms with E-state index in [-0.39, 0.29) is 0 Å².